The van der Waals surface area contributed by atoms with Crippen LogP contribution in [0.2, 0.25) is 0 Å². The molecule has 1 fully saturated rings. The summed E-state index contributed by atoms with van der Waals surface area (Å²) in [4.78, 5) is 40.7. The number of hydrogen-bond acceptors (Lipinski definition) is 6. The molecule has 3 rings (SSSR count). The number of carbonyl (C=O) groups excluding carboxylic acids is 3. The molecule has 0 spiro atoms. The SMILES string of the molecule is CCOC(=O)c1cnn(C)c1NC(=O)CN1CCN(C(=O)Cc2ccc(F)cc2)CC1. The van der Waals surface area contributed by atoms with Crippen LogP contribution in [0, 0.1) is 5.82 Å². The van der Waals surface area contributed by atoms with Crippen LogP contribution >= 0.6 is 0 Å². The molecule has 166 valence electrons. The standard InChI is InChI=1S/C21H26FN5O4/c1-3-31-21(30)17-13-23-25(2)20(17)24-18(28)14-26-8-10-27(11-9-26)19(29)12-15-4-6-16(22)7-5-15/h4-7,13H,3,8-12,14H2,1-2H3,(H,24,28). The highest BCUT2D eigenvalue weighted by molar-refractivity contribution is 6.00. The minimum atomic E-state index is -0.542. The fourth-order valence-corrected chi connectivity index (χ4v) is 3.36. The summed E-state index contributed by atoms with van der Waals surface area (Å²) in [5, 5.41) is 6.74. The van der Waals surface area contributed by atoms with Gasteiger partial charge in [-0.1, -0.05) is 12.1 Å². The van der Waals surface area contributed by atoms with Gasteiger partial charge in [0.25, 0.3) is 0 Å². The maximum atomic E-state index is 13.0. The van der Waals surface area contributed by atoms with Gasteiger partial charge in [-0.15, -0.1) is 0 Å². The lowest BCUT2D eigenvalue weighted by Crippen LogP contribution is -2.50. The Balaban J connectivity index is 1.48. The number of aromatic nitrogens is 2. The van der Waals surface area contributed by atoms with E-state index >= 15 is 0 Å². The zero-order chi connectivity index (χ0) is 22.4. The van der Waals surface area contributed by atoms with E-state index in [0.29, 0.717) is 26.2 Å². The number of amides is 2. The molecular formula is C21H26FN5O4. The average molecular weight is 431 g/mol. The van der Waals surface area contributed by atoms with E-state index in [1.165, 1.54) is 23.0 Å². The van der Waals surface area contributed by atoms with Gasteiger partial charge < -0.3 is 15.0 Å². The van der Waals surface area contributed by atoms with Crippen LogP contribution in [0.3, 0.4) is 0 Å². The number of esters is 1. The Kier molecular flexibility index (Phi) is 7.35. The predicted octanol–water partition coefficient (Wildman–Crippen LogP) is 1.06. The number of hydrogen-bond donors (Lipinski definition) is 1. The third-order valence-electron chi connectivity index (χ3n) is 5.05. The molecule has 0 atom stereocenters. The van der Waals surface area contributed by atoms with Gasteiger partial charge in [0.1, 0.15) is 17.2 Å². The van der Waals surface area contributed by atoms with Gasteiger partial charge in [-0.25, -0.2) is 9.18 Å². The fraction of sp³-hybridized carbons (Fsp3) is 0.429. The highest BCUT2D eigenvalue weighted by Crippen LogP contribution is 2.16. The van der Waals surface area contributed by atoms with Crippen molar-refractivity contribution in [1.82, 2.24) is 19.6 Å². The molecule has 31 heavy (non-hydrogen) atoms. The molecule has 2 aromatic rings. The number of anilines is 1. The first kappa shape index (κ1) is 22.4. The number of ether oxygens (including phenoxy) is 1. The molecule has 0 aliphatic carbocycles. The lowest BCUT2D eigenvalue weighted by molar-refractivity contribution is -0.132. The zero-order valence-electron chi connectivity index (χ0n) is 17.6. The zero-order valence-corrected chi connectivity index (χ0v) is 17.6. The predicted molar refractivity (Wildman–Crippen MR) is 111 cm³/mol. The smallest absolute Gasteiger partial charge is 0.343 e. The fourth-order valence-electron chi connectivity index (χ4n) is 3.36. The van der Waals surface area contributed by atoms with Crippen molar-refractivity contribution in [2.24, 2.45) is 7.05 Å². The van der Waals surface area contributed by atoms with Crippen molar-refractivity contribution in [1.29, 1.82) is 0 Å². The van der Waals surface area contributed by atoms with E-state index in [-0.39, 0.29) is 48.6 Å². The van der Waals surface area contributed by atoms with Crippen molar-refractivity contribution in [2.75, 3.05) is 44.6 Å². The Bertz CT molecular complexity index is 936. The van der Waals surface area contributed by atoms with Crippen LogP contribution in [0.4, 0.5) is 10.2 Å². The van der Waals surface area contributed by atoms with E-state index in [0.717, 1.165) is 5.56 Å². The number of carbonyl (C=O) groups is 3. The van der Waals surface area contributed by atoms with Crippen molar-refractivity contribution in [2.45, 2.75) is 13.3 Å². The van der Waals surface area contributed by atoms with Crippen LogP contribution in [0.25, 0.3) is 0 Å². The Morgan fingerprint density at radius 3 is 2.45 bits per heavy atom. The molecule has 1 saturated heterocycles. The van der Waals surface area contributed by atoms with Gasteiger partial charge in [0.05, 0.1) is 25.8 Å². The number of halogens is 1. The van der Waals surface area contributed by atoms with E-state index in [4.69, 9.17) is 4.74 Å². The van der Waals surface area contributed by atoms with Crippen molar-refractivity contribution < 1.29 is 23.5 Å². The molecule has 1 aliphatic rings. The summed E-state index contributed by atoms with van der Waals surface area (Å²) in [6.45, 7) is 4.19. The normalized spacial score (nSPS) is 14.4. The Hall–Kier alpha value is -3.27. The second-order valence-electron chi connectivity index (χ2n) is 7.26. The molecule has 2 amide bonds. The van der Waals surface area contributed by atoms with Crippen molar-refractivity contribution in [3.8, 4) is 0 Å². The van der Waals surface area contributed by atoms with Gasteiger partial charge >= 0.3 is 5.97 Å². The molecule has 1 aromatic carbocycles. The molecule has 0 saturated carbocycles. The molecule has 0 bridgehead atoms. The van der Waals surface area contributed by atoms with Crippen LogP contribution in [0.15, 0.2) is 30.5 Å². The van der Waals surface area contributed by atoms with Gasteiger partial charge in [0, 0.05) is 33.2 Å². The Morgan fingerprint density at radius 2 is 1.81 bits per heavy atom. The molecule has 1 aliphatic heterocycles. The van der Waals surface area contributed by atoms with Crippen LogP contribution in [0.5, 0.6) is 0 Å². The van der Waals surface area contributed by atoms with Gasteiger partial charge in [-0.05, 0) is 24.6 Å². The third kappa shape index (κ3) is 5.88. The first-order valence-electron chi connectivity index (χ1n) is 10.1. The topological polar surface area (TPSA) is 96.8 Å². The summed E-state index contributed by atoms with van der Waals surface area (Å²) in [6.07, 6.45) is 1.58. The number of benzene rings is 1. The number of piperazine rings is 1. The van der Waals surface area contributed by atoms with Crippen LogP contribution in [0.1, 0.15) is 22.8 Å². The van der Waals surface area contributed by atoms with Crippen molar-refractivity contribution >= 4 is 23.6 Å². The number of rotatable bonds is 7. The van der Waals surface area contributed by atoms with Crippen LogP contribution < -0.4 is 5.32 Å². The molecular weight excluding hydrogens is 405 g/mol. The molecule has 9 nitrogen and oxygen atoms in total. The third-order valence-corrected chi connectivity index (χ3v) is 5.05. The maximum Gasteiger partial charge on any atom is 0.343 e. The second-order valence-corrected chi connectivity index (χ2v) is 7.26. The highest BCUT2D eigenvalue weighted by Gasteiger charge is 2.24. The summed E-state index contributed by atoms with van der Waals surface area (Å²) >= 11 is 0. The number of nitrogens with zero attached hydrogens (tertiary/aromatic N) is 4. The summed E-state index contributed by atoms with van der Waals surface area (Å²) < 4.78 is 19.4. The minimum Gasteiger partial charge on any atom is -0.462 e. The van der Waals surface area contributed by atoms with Crippen molar-refractivity contribution in [3.05, 3.63) is 47.4 Å². The van der Waals surface area contributed by atoms with Gasteiger partial charge in [-0.2, -0.15) is 5.10 Å². The monoisotopic (exact) mass is 431 g/mol. The van der Waals surface area contributed by atoms with Gasteiger partial charge in [0.2, 0.25) is 11.8 Å². The lowest BCUT2D eigenvalue weighted by Gasteiger charge is -2.34. The summed E-state index contributed by atoms with van der Waals surface area (Å²) in [6, 6.07) is 5.90. The lowest BCUT2D eigenvalue weighted by atomic mass is 10.1. The largest absolute Gasteiger partial charge is 0.462 e. The van der Waals surface area contributed by atoms with Crippen molar-refractivity contribution in [3.63, 3.8) is 0 Å². The van der Waals surface area contributed by atoms with E-state index in [1.807, 2.05) is 4.90 Å². The average Bonchev–Trinajstić information content (AvgIpc) is 3.10. The van der Waals surface area contributed by atoms with E-state index in [2.05, 4.69) is 10.4 Å². The highest BCUT2D eigenvalue weighted by atomic mass is 19.1. The molecule has 2 heterocycles. The van der Waals surface area contributed by atoms with E-state index in [1.54, 1.807) is 31.0 Å². The first-order chi connectivity index (χ1) is 14.9. The number of nitrogens with one attached hydrogen (secondary N) is 1. The minimum absolute atomic E-state index is 0.0235. The number of aryl methyl sites for hydroxylation is 1. The van der Waals surface area contributed by atoms with E-state index in [9.17, 15) is 18.8 Å². The summed E-state index contributed by atoms with van der Waals surface area (Å²) in [5.41, 5.74) is 0.968. The summed E-state index contributed by atoms with van der Waals surface area (Å²) in [5.74, 6) is -0.885. The molecule has 1 N–H and O–H groups in total. The Morgan fingerprint density at radius 1 is 1.13 bits per heavy atom. The van der Waals surface area contributed by atoms with Crippen LogP contribution in [-0.2, 0) is 27.8 Å². The van der Waals surface area contributed by atoms with Crippen LogP contribution in [-0.4, -0.2) is 76.7 Å². The maximum absolute atomic E-state index is 13.0. The van der Waals surface area contributed by atoms with E-state index < -0.39 is 5.97 Å². The quantitative estimate of drug-likeness (QED) is 0.659. The molecule has 10 heteroatoms. The summed E-state index contributed by atoms with van der Waals surface area (Å²) in [7, 11) is 1.63. The first-order valence-corrected chi connectivity index (χ1v) is 10.1. The molecule has 1 aromatic heterocycles. The van der Waals surface area contributed by atoms with Gasteiger partial charge in [0.15, 0.2) is 0 Å². The Labute approximate surface area is 179 Å². The van der Waals surface area contributed by atoms with Gasteiger partial charge in [-0.3, -0.25) is 19.2 Å². The molecule has 0 unspecified atom stereocenters. The molecule has 0 radical (unpaired) electrons. The second kappa shape index (κ2) is 10.2.